The Bertz CT molecular complexity index is 1050. The van der Waals surface area contributed by atoms with E-state index in [4.69, 9.17) is 4.42 Å². The predicted octanol–water partition coefficient (Wildman–Crippen LogP) is 5.53. The minimum Gasteiger partial charge on any atom is -0.449 e. The van der Waals surface area contributed by atoms with E-state index >= 15 is 0 Å². The molecule has 33 heavy (non-hydrogen) atoms. The van der Waals surface area contributed by atoms with Gasteiger partial charge in [-0.2, -0.15) is 0 Å². The summed E-state index contributed by atoms with van der Waals surface area (Å²) in [4.78, 5) is 19.6. The van der Waals surface area contributed by atoms with E-state index in [1.54, 1.807) is 18.2 Å². The first-order valence-corrected chi connectivity index (χ1v) is 12.0. The van der Waals surface area contributed by atoms with Crippen LogP contribution in [0.2, 0.25) is 0 Å². The largest absolute Gasteiger partial charge is 0.449 e. The smallest absolute Gasteiger partial charge is 0.287 e. The van der Waals surface area contributed by atoms with Crippen LogP contribution < -0.4 is 5.32 Å². The number of nitrogens with zero attached hydrogens (tertiary/aromatic N) is 3. The zero-order chi connectivity index (χ0) is 23.2. The summed E-state index contributed by atoms with van der Waals surface area (Å²) in [6.07, 6.45) is 7.66. The first-order chi connectivity index (χ1) is 16.1. The van der Waals surface area contributed by atoms with Crippen LogP contribution in [0, 0.1) is 5.82 Å². The van der Waals surface area contributed by atoms with Gasteiger partial charge < -0.3 is 19.2 Å². The van der Waals surface area contributed by atoms with Gasteiger partial charge in [-0.25, -0.2) is 9.37 Å². The molecule has 3 aromatic rings. The average molecular weight is 453 g/mol. The number of furan rings is 1. The summed E-state index contributed by atoms with van der Waals surface area (Å²) in [5.74, 6) is 0.381. The van der Waals surface area contributed by atoms with Crippen LogP contribution in [0.5, 0.6) is 0 Å². The van der Waals surface area contributed by atoms with Gasteiger partial charge in [0.1, 0.15) is 11.5 Å². The number of amides is 1. The molecule has 1 saturated carbocycles. The number of carbonyl (C=O) groups excluding carboxylic acids is 1. The number of benzene rings is 1. The van der Waals surface area contributed by atoms with Gasteiger partial charge in [0.2, 0.25) is 0 Å². The highest BCUT2D eigenvalue weighted by atomic mass is 19.1. The zero-order valence-corrected chi connectivity index (χ0v) is 19.5. The topological polar surface area (TPSA) is 63.3 Å². The fourth-order valence-corrected chi connectivity index (χ4v) is 4.60. The quantitative estimate of drug-likeness (QED) is 0.464. The lowest BCUT2D eigenvalue weighted by Crippen LogP contribution is -2.34. The molecule has 0 bridgehead atoms. The van der Waals surface area contributed by atoms with Crippen LogP contribution in [-0.4, -0.2) is 46.5 Å². The third kappa shape index (κ3) is 5.36. The van der Waals surface area contributed by atoms with E-state index in [2.05, 4.69) is 33.6 Å². The van der Waals surface area contributed by atoms with Crippen LogP contribution in [0.3, 0.4) is 0 Å². The molecule has 1 amide bonds. The minimum atomic E-state index is -0.284. The number of hydrogen-bond acceptors (Lipinski definition) is 4. The second-order valence-electron chi connectivity index (χ2n) is 8.59. The van der Waals surface area contributed by atoms with Crippen molar-refractivity contribution in [3.05, 3.63) is 54.3 Å². The highest BCUT2D eigenvalue weighted by molar-refractivity contribution is 5.92. The summed E-state index contributed by atoms with van der Waals surface area (Å²) in [6.45, 7) is 7.49. The van der Waals surface area contributed by atoms with Crippen molar-refractivity contribution < 1.29 is 13.6 Å². The van der Waals surface area contributed by atoms with Gasteiger partial charge in [-0.15, -0.1) is 0 Å². The monoisotopic (exact) mass is 452 g/mol. The molecule has 0 atom stereocenters. The maximum Gasteiger partial charge on any atom is 0.287 e. The Balaban J connectivity index is 1.60. The number of imidazole rings is 1. The normalized spacial score (nSPS) is 14.7. The molecule has 1 aliphatic carbocycles. The van der Waals surface area contributed by atoms with Crippen LogP contribution >= 0.6 is 0 Å². The van der Waals surface area contributed by atoms with Gasteiger partial charge in [0.25, 0.3) is 5.91 Å². The molecule has 0 saturated heterocycles. The van der Waals surface area contributed by atoms with Crippen molar-refractivity contribution in [2.75, 3.05) is 26.2 Å². The Morgan fingerprint density at radius 3 is 2.55 bits per heavy atom. The van der Waals surface area contributed by atoms with E-state index < -0.39 is 0 Å². The van der Waals surface area contributed by atoms with E-state index in [-0.39, 0.29) is 17.5 Å². The van der Waals surface area contributed by atoms with Crippen LogP contribution in [0.4, 0.5) is 4.39 Å². The SMILES string of the molecule is CCN(CC)CCNC(=O)c1ccc(-c2c(-c3ccc(F)cc3)ncn2C2CCCCC2)o1. The highest BCUT2D eigenvalue weighted by Gasteiger charge is 2.25. The number of rotatable bonds is 9. The number of aromatic nitrogens is 2. The van der Waals surface area contributed by atoms with E-state index in [9.17, 15) is 9.18 Å². The summed E-state index contributed by atoms with van der Waals surface area (Å²) in [7, 11) is 0. The van der Waals surface area contributed by atoms with Gasteiger partial charge >= 0.3 is 0 Å². The molecule has 0 spiro atoms. The Hall–Kier alpha value is -2.93. The Morgan fingerprint density at radius 2 is 1.85 bits per heavy atom. The third-order valence-corrected chi connectivity index (χ3v) is 6.55. The van der Waals surface area contributed by atoms with Crippen LogP contribution in [0.25, 0.3) is 22.7 Å². The maximum atomic E-state index is 13.5. The molecule has 1 aliphatic rings. The van der Waals surface area contributed by atoms with Gasteiger partial charge in [0.05, 0.1) is 12.0 Å². The number of carbonyl (C=O) groups is 1. The molecule has 0 unspecified atom stereocenters. The molecule has 7 heteroatoms. The molecule has 1 fully saturated rings. The van der Waals surface area contributed by atoms with Crippen LogP contribution in [-0.2, 0) is 0 Å². The second-order valence-corrected chi connectivity index (χ2v) is 8.59. The van der Waals surface area contributed by atoms with Crippen molar-refractivity contribution >= 4 is 5.91 Å². The number of nitrogens with one attached hydrogen (secondary N) is 1. The van der Waals surface area contributed by atoms with Crippen molar-refractivity contribution in [2.24, 2.45) is 0 Å². The van der Waals surface area contributed by atoms with Crippen molar-refractivity contribution in [1.29, 1.82) is 0 Å². The predicted molar refractivity (Wildman–Crippen MR) is 128 cm³/mol. The number of likely N-dealkylation sites (N-methyl/N-ethyl adjacent to an activating group) is 1. The fourth-order valence-electron chi connectivity index (χ4n) is 4.60. The molecule has 1 N–H and O–H groups in total. The van der Waals surface area contributed by atoms with E-state index in [0.717, 1.165) is 49.4 Å². The Morgan fingerprint density at radius 1 is 1.12 bits per heavy atom. The van der Waals surface area contributed by atoms with Crippen molar-refractivity contribution in [3.63, 3.8) is 0 Å². The standard InChI is InChI=1S/C26H33FN4O2/c1-3-30(4-2)17-16-28-26(32)23-15-14-22(33-23)25-24(19-10-12-20(27)13-11-19)29-18-31(25)21-8-6-5-7-9-21/h10-15,18,21H,3-9,16-17H2,1-2H3,(H,28,32). The Labute approximate surface area is 194 Å². The molecular formula is C26H33FN4O2. The van der Waals surface area contributed by atoms with Crippen molar-refractivity contribution in [3.8, 4) is 22.7 Å². The van der Waals surface area contributed by atoms with Gasteiger partial charge in [0.15, 0.2) is 11.5 Å². The van der Waals surface area contributed by atoms with Gasteiger partial charge in [0, 0.05) is 24.7 Å². The summed E-state index contributed by atoms with van der Waals surface area (Å²) in [5.41, 5.74) is 2.40. The lowest BCUT2D eigenvalue weighted by Gasteiger charge is -2.24. The molecule has 2 heterocycles. The molecule has 0 aliphatic heterocycles. The van der Waals surface area contributed by atoms with Gasteiger partial charge in [-0.3, -0.25) is 4.79 Å². The molecule has 2 aromatic heterocycles. The van der Waals surface area contributed by atoms with Gasteiger partial charge in [-0.05, 0) is 62.3 Å². The fraction of sp³-hybridized carbons (Fsp3) is 0.462. The summed E-state index contributed by atoms with van der Waals surface area (Å²) in [5, 5.41) is 2.95. The van der Waals surface area contributed by atoms with Crippen LogP contribution in [0.1, 0.15) is 62.5 Å². The first-order valence-electron chi connectivity index (χ1n) is 12.0. The highest BCUT2D eigenvalue weighted by Crippen LogP contribution is 2.38. The lowest BCUT2D eigenvalue weighted by atomic mass is 9.95. The molecule has 6 nitrogen and oxygen atoms in total. The van der Waals surface area contributed by atoms with E-state index in [0.29, 0.717) is 18.3 Å². The number of halogens is 1. The van der Waals surface area contributed by atoms with E-state index in [1.807, 2.05) is 12.4 Å². The minimum absolute atomic E-state index is 0.222. The number of hydrogen-bond donors (Lipinski definition) is 1. The van der Waals surface area contributed by atoms with Crippen molar-refractivity contribution in [2.45, 2.75) is 52.0 Å². The Kier molecular flexibility index (Phi) is 7.60. The summed E-state index contributed by atoms with van der Waals surface area (Å²) < 4.78 is 21.8. The van der Waals surface area contributed by atoms with E-state index in [1.165, 1.54) is 31.4 Å². The van der Waals surface area contributed by atoms with Gasteiger partial charge in [-0.1, -0.05) is 33.1 Å². The van der Waals surface area contributed by atoms with Crippen LogP contribution in [0.15, 0.2) is 47.1 Å². The average Bonchev–Trinajstić information content (AvgIpc) is 3.50. The zero-order valence-electron chi connectivity index (χ0n) is 19.5. The summed E-state index contributed by atoms with van der Waals surface area (Å²) in [6, 6.07) is 10.2. The molecular weight excluding hydrogens is 419 g/mol. The maximum absolute atomic E-state index is 13.5. The first kappa shape index (κ1) is 23.2. The van der Waals surface area contributed by atoms with Crippen molar-refractivity contribution in [1.82, 2.24) is 19.8 Å². The molecule has 0 radical (unpaired) electrons. The molecule has 1 aromatic carbocycles. The summed E-state index contributed by atoms with van der Waals surface area (Å²) >= 11 is 0. The second kappa shape index (κ2) is 10.8. The molecule has 176 valence electrons. The lowest BCUT2D eigenvalue weighted by molar-refractivity contribution is 0.0922. The third-order valence-electron chi connectivity index (χ3n) is 6.55. The molecule has 4 rings (SSSR count).